The molecule has 0 aromatic heterocycles. The summed E-state index contributed by atoms with van der Waals surface area (Å²) in [6.45, 7) is 6.67. The highest BCUT2D eigenvalue weighted by molar-refractivity contribution is 7.89. The van der Waals surface area contributed by atoms with Crippen molar-refractivity contribution < 1.29 is 27.4 Å². The lowest BCUT2D eigenvalue weighted by atomic mass is 9.87. The van der Waals surface area contributed by atoms with Gasteiger partial charge in [-0.05, 0) is 95.1 Å². The Labute approximate surface area is 229 Å². The molecule has 0 bridgehead atoms. The molecule has 1 heterocycles. The van der Waals surface area contributed by atoms with Crippen LogP contribution in [0.3, 0.4) is 0 Å². The Bertz CT molecular complexity index is 1000. The lowest BCUT2D eigenvalue weighted by Gasteiger charge is -2.36. The summed E-state index contributed by atoms with van der Waals surface area (Å²) in [6.07, 6.45) is 7.30. The van der Waals surface area contributed by atoms with Crippen LogP contribution in [0.1, 0.15) is 49.7 Å². The van der Waals surface area contributed by atoms with Gasteiger partial charge in [-0.2, -0.15) is 4.31 Å². The number of rotatable bonds is 12. The van der Waals surface area contributed by atoms with Crippen molar-refractivity contribution in [1.82, 2.24) is 14.1 Å². The number of likely N-dealkylation sites (N-methyl/N-ethyl adjacent to an activating group) is 3. The molecule has 9 nitrogen and oxygen atoms in total. The largest absolute Gasteiger partial charge is 0.497 e. The molecule has 0 N–H and O–H groups in total. The fourth-order valence-corrected chi connectivity index (χ4v) is 7.17. The number of hydrogen-bond acceptors (Lipinski definition) is 7. The van der Waals surface area contributed by atoms with Gasteiger partial charge in [-0.1, -0.05) is 0 Å². The lowest BCUT2D eigenvalue weighted by Crippen LogP contribution is -2.40. The van der Waals surface area contributed by atoms with Crippen LogP contribution in [0.2, 0.25) is 0 Å². The second kappa shape index (κ2) is 14.1. The van der Waals surface area contributed by atoms with Gasteiger partial charge >= 0.3 is 0 Å². The number of amides is 1. The molecule has 10 heteroatoms. The normalized spacial score (nSPS) is 23.0. The third-order valence-electron chi connectivity index (χ3n) is 7.83. The molecule has 0 spiro atoms. The minimum absolute atomic E-state index is 0.0569. The molecule has 1 amide bonds. The number of hydrogen-bond donors (Lipinski definition) is 0. The minimum atomic E-state index is -3.69. The van der Waals surface area contributed by atoms with Crippen LogP contribution in [-0.4, -0.2) is 108 Å². The number of likely N-dealkylation sites (tertiary alicyclic amines) is 1. The zero-order valence-corrected chi connectivity index (χ0v) is 24.9. The molecule has 2 fully saturated rings. The molecule has 1 aromatic carbocycles. The van der Waals surface area contributed by atoms with E-state index in [-0.39, 0.29) is 30.6 Å². The topological polar surface area (TPSA) is 88.6 Å². The number of ether oxygens (including phenoxy) is 3. The van der Waals surface area contributed by atoms with Crippen LogP contribution < -0.4 is 4.74 Å². The molecule has 2 aliphatic rings. The summed E-state index contributed by atoms with van der Waals surface area (Å²) < 4.78 is 44.7. The van der Waals surface area contributed by atoms with Gasteiger partial charge in [-0.15, -0.1) is 0 Å². The predicted molar refractivity (Wildman–Crippen MR) is 148 cm³/mol. The van der Waals surface area contributed by atoms with Crippen molar-refractivity contribution in [1.29, 1.82) is 0 Å². The maximum Gasteiger partial charge on any atom is 0.248 e. The highest BCUT2D eigenvalue weighted by atomic mass is 32.2. The summed E-state index contributed by atoms with van der Waals surface area (Å²) in [5.74, 6) is 1.02. The van der Waals surface area contributed by atoms with Gasteiger partial charge in [0.25, 0.3) is 0 Å². The third kappa shape index (κ3) is 8.39. The van der Waals surface area contributed by atoms with Gasteiger partial charge < -0.3 is 24.0 Å². The van der Waals surface area contributed by atoms with Crippen molar-refractivity contribution in [2.75, 3.05) is 67.6 Å². The fourth-order valence-electron chi connectivity index (χ4n) is 5.62. The van der Waals surface area contributed by atoms with E-state index in [0.29, 0.717) is 41.5 Å². The molecular weight excluding hydrogens is 506 g/mol. The Kier molecular flexibility index (Phi) is 11.4. The lowest BCUT2D eigenvalue weighted by molar-refractivity contribution is -0.135. The van der Waals surface area contributed by atoms with E-state index >= 15 is 0 Å². The van der Waals surface area contributed by atoms with E-state index in [0.717, 1.165) is 45.2 Å². The summed E-state index contributed by atoms with van der Waals surface area (Å²) in [5.41, 5.74) is 1.27. The number of nitrogens with zero attached hydrogens (tertiary/aromatic N) is 3. The maximum atomic E-state index is 13.1. The Morgan fingerprint density at radius 3 is 2.32 bits per heavy atom. The second-order valence-corrected chi connectivity index (χ2v) is 13.0. The number of piperidine rings is 1. The zero-order valence-electron chi connectivity index (χ0n) is 24.1. The van der Waals surface area contributed by atoms with E-state index < -0.39 is 10.0 Å². The van der Waals surface area contributed by atoms with Gasteiger partial charge in [0.15, 0.2) is 0 Å². The van der Waals surface area contributed by atoms with Crippen LogP contribution in [0, 0.1) is 19.8 Å². The second-order valence-electron chi connectivity index (χ2n) is 11.0. The van der Waals surface area contributed by atoms with E-state index in [9.17, 15) is 13.2 Å². The van der Waals surface area contributed by atoms with Gasteiger partial charge in [0.2, 0.25) is 15.9 Å². The standard InChI is InChI=1S/C28H47N3O6S/c1-21-16-26(35-6)17-22(2)28(21)38(33,34)31(5)14-15-36-20-27(32)30(4)18-23-9-11-24(12-10-23)37-25-8-7-13-29(3)19-25/h16-17,23-25H,7-15,18-20H2,1-6H3. The van der Waals surface area contributed by atoms with E-state index in [2.05, 4.69) is 11.9 Å². The molecule has 1 saturated heterocycles. The Hall–Kier alpha value is -1.72. The van der Waals surface area contributed by atoms with Crippen molar-refractivity contribution in [3.63, 3.8) is 0 Å². The van der Waals surface area contributed by atoms with Crippen LogP contribution in [0.15, 0.2) is 17.0 Å². The van der Waals surface area contributed by atoms with Crippen molar-refractivity contribution >= 4 is 15.9 Å². The monoisotopic (exact) mass is 553 g/mol. The fraction of sp³-hybridized carbons (Fsp3) is 0.750. The maximum absolute atomic E-state index is 13.1. The molecule has 38 heavy (non-hydrogen) atoms. The van der Waals surface area contributed by atoms with E-state index in [4.69, 9.17) is 14.2 Å². The highest BCUT2D eigenvalue weighted by Gasteiger charge is 2.28. The summed E-state index contributed by atoms with van der Waals surface area (Å²) in [5, 5.41) is 0. The summed E-state index contributed by atoms with van der Waals surface area (Å²) in [7, 11) is 3.38. The summed E-state index contributed by atoms with van der Waals surface area (Å²) in [6, 6.07) is 3.43. The van der Waals surface area contributed by atoms with E-state index in [1.165, 1.54) is 17.8 Å². The Morgan fingerprint density at radius 1 is 1.05 bits per heavy atom. The van der Waals surface area contributed by atoms with Crippen molar-refractivity contribution in [3.05, 3.63) is 23.3 Å². The quantitative estimate of drug-likeness (QED) is 0.368. The molecule has 1 aromatic rings. The molecule has 3 rings (SSSR count). The van der Waals surface area contributed by atoms with Gasteiger partial charge in [0.1, 0.15) is 12.4 Å². The molecule has 0 radical (unpaired) electrons. The van der Waals surface area contributed by atoms with E-state index in [1.807, 2.05) is 7.05 Å². The van der Waals surface area contributed by atoms with Gasteiger partial charge in [-0.3, -0.25) is 4.79 Å². The van der Waals surface area contributed by atoms with Crippen LogP contribution in [-0.2, 0) is 24.3 Å². The van der Waals surface area contributed by atoms with E-state index in [1.54, 1.807) is 38.0 Å². The molecule has 1 aliphatic heterocycles. The SMILES string of the molecule is COc1cc(C)c(S(=O)(=O)N(C)CCOCC(=O)N(C)CC2CCC(OC3CCCN(C)C3)CC2)c(C)c1. The predicted octanol–water partition coefficient (Wildman–Crippen LogP) is 3.08. The molecule has 216 valence electrons. The molecule has 1 saturated carbocycles. The average Bonchev–Trinajstić information content (AvgIpc) is 2.86. The van der Waals surface area contributed by atoms with Crippen molar-refractivity contribution in [2.45, 2.75) is 69.5 Å². The number of benzene rings is 1. The molecule has 1 aliphatic carbocycles. The Morgan fingerprint density at radius 2 is 1.71 bits per heavy atom. The zero-order chi connectivity index (χ0) is 27.9. The number of carbonyl (C=O) groups excluding carboxylic acids is 1. The summed E-state index contributed by atoms with van der Waals surface area (Å²) >= 11 is 0. The number of sulfonamides is 1. The van der Waals surface area contributed by atoms with Crippen LogP contribution in [0.5, 0.6) is 5.75 Å². The van der Waals surface area contributed by atoms with Crippen LogP contribution >= 0.6 is 0 Å². The van der Waals surface area contributed by atoms with Crippen molar-refractivity contribution in [3.8, 4) is 5.75 Å². The van der Waals surface area contributed by atoms with Gasteiger partial charge in [0.05, 0.1) is 30.8 Å². The van der Waals surface area contributed by atoms with Gasteiger partial charge in [-0.25, -0.2) is 8.42 Å². The number of methoxy groups -OCH3 is 1. The van der Waals surface area contributed by atoms with Crippen LogP contribution in [0.25, 0.3) is 0 Å². The smallest absolute Gasteiger partial charge is 0.248 e. The van der Waals surface area contributed by atoms with Crippen molar-refractivity contribution in [2.24, 2.45) is 5.92 Å². The first-order valence-corrected chi connectivity index (χ1v) is 15.2. The highest BCUT2D eigenvalue weighted by Crippen LogP contribution is 2.29. The number of aryl methyl sites for hydroxylation is 2. The average molecular weight is 554 g/mol. The Balaban J connectivity index is 1.36. The third-order valence-corrected chi connectivity index (χ3v) is 9.99. The van der Waals surface area contributed by atoms with Gasteiger partial charge in [0, 0.05) is 33.7 Å². The summed E-state index contributed by atoms with van der Waals surface area (Å²) in [4.78, 5) is 17.0. The number of carbonyl (C=O) groups is 1. The molecule has 1 atom stereocenters. The van der Waals surface area contributed by atoms with Crippen LogP contribution in [0.4, 0.5) is 0 Å². The minimum Gasteiger partial charge on any atom is -0.497 e. The first kappa shape index (κ1) is 30.8. The first-order chi connectivity index (χ1) is 18.0. The first-order valence-electron chi connectivity index (χ1n) is 13.8. The molecule has 1 unspecified atom stereocenters. The molecular formula is C28H47N3O6S.